The number of para-hydroxylation sites is 2. The van der Waals surface area contributed by atoms with Crippen molar-refractivity contribution < 1.29 is 18.7 Å². The molecule has 1 aromatic heterocycles. The predicted molar refractivity (Wildman–Crippen MR) is 132 cm³/mol. The minimum atomic E-state index is -0.320. The zero-order chi connectivity index (χ0) is 24.4. The summed E-state index contributed by atoms with van der Waals surface area (Å²) in [4.78, 5) is 27.4. The molecule has 2 atom stereocenters. The molecule has 0 bridgehead atoms. The molecule has 5 rings (SSSR count). The first-order valence-electron chi connectivity index (χ1n) is 11.6. The molecule has 0 aliphatic carbocycles. The summed E-state index contributed by atoms with van der Waals surface area (Å²) in [5, 5.41) is 12.2. The monoisotopic (exact) mass is 495 g/mol. The van der Waals surface area contributed by atoms with E-state index in [4.69, 9.17) is 4.74 Å². The lowest BCUT2D eigenvalue weighted by atomic mass is 10.2. The zero-order valence-corrected chi connectivity index (χ0v) is 20.1. The molecule has 10 heteroatoms. The zero-order valence-electron chi connectivity index (χ0n) is 19.3. The average Bonchev–Trinajstić information content (AvgIpc) is 3.47. The van der Waals surface area contributed by atoms with Crippen molar-refractivity contribution in [1.29, 1.82) is 0 Å². The van der Waals surface area contributed by atoms with Gasteiger partial charge in [-0.1, -0.05) is 23.9 Å². The van der Waals surface area contributed by atoms with Crippen molar-refractivity contribution in [3.05, 3.63) is 54.3 Å². The van der Waals surface area contributed by atoms with Gasteiger partial charge in [0.05, 0.1) is 29.8 Å². The summed E-state index contributed by atoms with van der Waals surface area (Å²) >= 11 is 1.30. The van der Waals surface area contributed by atoms with Crippen molar-refractivity contribution in [1.82, 2.24) is 14.8 Å². The summed E-state index contributed by atoms with van der Waals surface area (Å²) in [5.41, 5.74) is 2.05. The molecule has 0 spiro atoms. The number of hydrogen-bond donors (Lipinski definition) is 1. The Kier molecular flexibility index (Phi) is 6.83. The van der Waals surface area contributed by atoms with Crippen LogP contribution in [-0.4, -0.2) is 51.1 Å². The van der Waals surface area contributed by atoms with E-state index in [1.807, 2.05) is 29.7 Å². The Morgan fingerprint density at radius 1 is 1.20 bits per heavy atom. The van der Waals surface area contributed by atoms with Gasteiger partial charge in [-0.05, 0) is 56.2 Å². The van der Waals surface area contributed by atoms with Gasteiger partial charge in [0.25, 0.3) is 0 Å². The van der Waals surface area contributed by atoms with Crippen molar-refractivity contribution in [2.75, 3.05) is 22.6 Å². The van der Waals surface area contributed by atoms with Gasteiger partial charge in [0.15, 0.2) is 11.0 Å². The lowest BCUT2D eigenvalue weighted by molar-refractivity contribution is -0.117. The summed E-state index contributed by atoms with van der Waals surface area (Å²) in [7, 11) is 0. The second-order valence-electron chi connectivity index (χ2n) is 8.73. The molecule has 182 valence electrons. The van der Waals surface area contributed by atoms with Crippen LogP contribution in [0.2, 0.25) is 0 Å². The molecule has 0 unspecified atom stereocenters. The maximum atomic E-state index is 13.5. The van der Waals surface area contributed by atoms with Crippen molar-refractivity contribution in [2.24, 2.45) is 0 Å². The largest absolute Gasteiger partial charge is 0.376 e. The maximum absolute atomic E-state index is 13.5. The fourth-order valence-corrected chi connectivity index (χ4v) is 5.34. The highest BCUT2D eigenvalue weighted by Crippen LogP contribution is 2.33. The van der Waals surface area contributed by atoms with E-state index in [0.717, 1.165) is 25.0 Å². The summed E-state index contributed by atoms with van der Waals surface area (Å²) in [5.74, 6) is 0.173. The number of anilines is 2. The van der Waals surface area contributed by atoms with Crippen LogP contribution in [0.1, 0.15) is 26.2 Å². The highest BCUT2D eigenvalue weighted by molar-refractivity contribution is 7.99. The summed E-state index contributed by atoms with van der Waals surface area (Å²) in [6, 6.07) is 13.2. The van der Waals surface area contributed by atoms with Crippen molar-refractivity contribution in [3.63, 3.8) is 0 Å². The van der Waals surface area contributed by atoms with Crippen LogP contribution in [0.3, 0.4) is 0 Å². The Morgan fingerprint density at radius 3 is 2.77 bits per heavy atom. The third-order valence-electron chi connectivity index (χ3n) is 6.18. The van der Waals surface area contributed by atoms with Crippen LogP contribution in [0, 0.1) is 5.82 Å². The number of carbonyl (C=O) groups is 2. The van der Waals surface area contributed by atoms with Crippen LogP contribution in [-0.2, 0) is 20.9 Å². The van der Waals surface area contributed by atoms with Crippen LogP contribution >= 0.6 is 11.8 Å². The van der Waals surface area contributed by atoms with Gasteiger partial charge in [-0.2, -0.15) is 0 Å². The number of ether oxygens (including phenoxy) is 1. The van der Waals surface area contributed by atoms with Crippen LogP contribution in [0.25, 0.3) is 11.4 Å². The first kappa shape index (κ1) is 23.5. The number of halogens is 1. The maximum Gasteiger partial charge on any atom is 0.237 e. The number of nitrogens with zero attached hydrogens (tertiary/aromatic N) is 4. The van der Waals surface area contributed by atoms with Crippen LogP contribution in [0.5, 0.6) is 0 Å². The van der Waals surface area contributed by atoms with Crippen molar-refractivity contribution in [2.45, 2.75) is 50.0 Å². The average molecular weight is 496 g/mol. The normalized spacial score (nSPS) is 19.8. The standard InChI is InChI=1S/C25H26FN5O3S/c1-16-13-22(32)27-20-6-2-3-7-21(20)31(16)23(33)15-35-25-29-28-24(17-8-10-18(26)11-9-17)30(25)14-19-5-4-12-34-19/h2-3,6-11,16,19H,4-5,12-15H2,1H3,(H,27,32)/t16-,19-/m0/s1. The minimum absolute atomic E-state index is 0.0369. The Morgan fingerprint density at radius 2 is 2.00 bits per heavy atom. The Bertz CT molecular complexity index is 1230. The van der Waals surface area contributed by atoms with Crippen molar-refractivity contribution >= 4 is 35.0 Å². The smallest absolute Gasteiger partial charge is 0.237 e. The van der Waals surface area contributed by atoms with E-state index in [9.17, 15) is 14.0 Å². The number of benzene rings is 2. The molecule has 35 heavy (non-hydrogen) atoms. The fourth-order valence-electron chi connectivity index (χ4n) is 4.53. The second-order valence-corrected chi connectivity index (χ2v) is 9.67. The molecule has 8 nitrogen and oxygen atoms in total. The minimum Gasteiger partial charge on any atom is -0.376 e. The lowest BCUT2D eigenvalue weighted by Gasteiger charge is -2.27. The van der Waals surface area contributed by atoms with E-state index in [1.54, 1.807) is 23.1 Å². The number of hydrogen-bond acceptors (Lipinski definition) is 6. The van der Waals surface area contributed by atoms with Crippen LogP contribution in [0.4, 0.5) is 15.8 Å². The number of thioether (sulfide) groups is 1. The summed E-state index contributed by atoms with van der Waals surface area (Å²) < 4.78 is 21.3. The van der Waals surface area contributed by atoms with Gasteiger partial charge in [0, 0.05) is 24.6 Å². The number of carbonyl (C=O) groups excluding carboxylic acids is 2. The van der Waals surface area contributed by atoms with Gasteiger partial charge < -0.3 is 15.0 Å². The first-order chi connectivity index (χ1) is 17.0. The third-order valence-corrected chi connectivity index (χ3v) is 7.13. The Balaban J connectivity index is 1.39. The number of amides is 2. The molecule has 1 saturated heterocycles. The molecule has 0 saturated carbocycles. The molecule has 2 aliphatic heterocycles. The molecule has 0 radical (unpaired) electrons. The number of rotatable bonds is 6. The number of fused-ring (bicyclic) bond motifs is 1. The molecule has 1 fully saturated rings. The number of nitrogens with one attached hydrogen (secondary N) is 1. The lowest BCUT2D eigenvalue weighted by Crippen LogP contribution is -2.40. The highest BCUT2D eigenvalue weighted by Gasteiger charge is 2.30. The third kappa shape index (κ3) is 5.08. The SMILES string of the molecule is C[C@H]1CC(=O)Nc2ccccc2N1C(=O)CSc1nnc(-c2ccc(F)cc2)n1C[C@@H]1CCCO1. The quantitative estimate of drug-likeness (QED) is 0.518. The van der Waals surface area contributed by atoms with Gasteiger partial charge in [0.1, 0.15) is 5.82 Å². The molecule has 3 aromatic rings. The van der Waals surface area contributed by atoms with E-state index < -0.39 is 0 Å². The topological polar surface area (TPSA) is 89.4 Å². The summed E-state index contributed by atoms with van der Waals surface area (Å²) in [6.07, 6.45) is 2.19. The van der Waals surface area contributed by atoms with Gasteiger partial charge in [-0.25, -0.2) is 4.39 Å². The van der Waals surface area contributed by atoms with E-state index in [-0.39, 0.29) is 42.0 Å². The second kappa shape index (κ2) is 10.2. The van der Waals surface area contributed by atoms with Crippen LogP contribution < -0.4 is 10.2 Å². The summed E-state index contributed by atoms with van der Waals surface area (Å²) in [6.45, 7) is 3.15. The Labute approximate surface area is 206 Å². The highest BCUT2D eigenvalue weighted by atomic mass is 32.2. The molecular formula is C25H26FN5O3S. The van der Waals surface area contributed by atoms with E-state index >= 15 is 0 Å². The van der Waals surface area contributed by atoms with Crippen molar-refractivity contribution in [3.8, 4) is 11.4 Å². The van der Waals surface area contributed by atoms with Gasteiger partial charge in [-0.3, -0.25) is 14.2 Å². The van der Waals surface area contributed by atoms with Gasteiger partial charge in [0.2, 0.25) is 11.8 Å². The van der Waals surface area contributed by atoms with E-state index in [1.165, 1.54) is 23.9 Å². The first-order valence-corrected chi connectivity index (χ1v) is 12.6. The predicted octanol–water partition coefficient (Wildman–Crippen LogP) is 4.12. The van der Waals surface area contributed by atoms with E-state index in [2.05, 4.69) is 15.5 Å². The number of aromatic nitrogens is 3. The molecule has 1 N–H and O–H groups in total. The molecule has 2 aliphatic rings. The Hall–Kier alpha value is -3.24. The van der Waals surface area contributed by atoms with Gasteiger partial charge in [-0.15, -0.1) is 10.2 Å². The van der Waals surface area contributed by atoms with Crippen LogP contribution in [0.15, 0.2) is 53.7 Å². The molecule has 2 amide bonds. The van der Waals surface area contributed by atoms with Gasteiger partial charge >= 0.3 is 0 Å². The molecular weight excluding hydrogens is 469 g/mol. The fraction of sp³-hybridized carbons (Fsp3) is 0.360. The molecule has 3 heterocycles. The van der Waals surface area contributed by atoms with E-state index in [0.29, 0.717) is 28.9 Å². The molecule has 2 aromatic carbocycles.